The van der Waals surface area contributed by atoms with Gasteiger partial charge in [-0.3, -0.25) is 9.59 Å². The van der Waals surface area contributed by atoms with Gasteiger partial charge in [0.25, 0.3) is 0 Å². The van der Waals surface area contributed by atoms with Crippen LogP contribution in [0.2, 0.25) is 0 Å². The fraction of sp³-hybridized carbons (Fsp3) is 0.421. The largest absolute Gasteiger partial charge is 0.326 e. The van der Waals surface area contributed by atoms with Crippen LogP contribution < -0.4 is 10.6 Å². The average Bonchev–Trinajstić information content (AvgIpc) is 2.68. The molecule has 0 aliphatic rings. The number of carbonyl (C=O) groups excluding carboxylic acids is 2. The highest BCUT2D eigenvalue weighted by molar-refractivity contribution is 7.99. The second-order valence-electron chi connectivity index (χ2n) is 5.96. The standard InChI is InChI=1S/C19H25N5O2S/c1-5-14-15(6-2)23-24-19(22-14)27-11-18(26)20-13-9-8-12(4)16(10-13)21-17(25)7-3/h8-10H,5-7,11H2,1-4H3,(H,20,26)(H,21,25). The molecule has 7 nitrogen and oxygen atoms in total. The van der Waals surface area contributed by atoms with Gasteiger partial charge in [0.15, 0.2) is 0 Å². The van der Waals surface area contributed by atoms with Crippen LogP contribution in [0.25, 0.3) is 0 Å². The fourth-order valence-electron chi connectivity index (χ4n) is 2.38. The minimum absolute atomic E-state index is 0.0657. The monoisotopic (exact) mass is 387 g/mol. The minimum atomic E-state index is -0.169. The zero-order valence-electron chi connectivity index (χ0n) is 16.1. The Balaban J connectivity index is 1.98. The van der Waals surface area contributed by atoms with Crippen LogP contribution in [0.4, 0.5) is 11.4 Å². The van der Waals surface area contributed by atoms with Crippen LogP contribution in [0.3, 0.4) is 0 Å². The number of rotatable bonds is 8. The van der Waals surface area contributed by atoms with E-state index >= 15 is 0 Å². The smallest absolute Gasteiger partial charge is 0.234 e. The maximum absolute atomic E-state index is 12.2. The van der Waals surface area contributed by atoms with E-state index in [-0.39, 0.29) is 17.6 Å². The van der Waals surface area contributed by atoms with Crippen LogP contribution in [0.1, 0.15) is 44.1 Å². The Morgan fingerprint density at radius 1 is 1.00 bits per heavy atom. The van der Waals surface area contributed by atoms with Crippen molar-refractivity contribution in [3.05, 3.63) is 35.2 Å². The Morgan fingerprint density at radius 3 is 2.41 bits per heavy atom. The van der Waals surface area contributed by atoms with Crippen molar-refractivity contribution >= 4 is 35.0 Å². The summed E-state index contributed by atoms with van der Waals surface area (Å²) in [4.78, 5) is 28.3. The van der Waals surface area contributed by atoms with E-state index < -0.39 is 0 Å². The van der Waals surface area contributed by atoms with Gasteiger partial charge in [-0.25, -0.2) is 4.98 Å². The Hall–Kier alpha value is -2.48. The van der Waals surface area contributed by atoms with Gasteiger partial charge < -0.3 is 10.6 Å². The summed E-state index contributed by atoms with van der Waals surface area (Å²) in [6.45, 7) is 7.74. The average molecular weight is 388 g/mol. The predicted molar refractivity (Wildman–Crippen MR) is 108 cm³/mol. The Labute approximate surface area is 163 Å². The molecule has 1 aromatic heterocycles. The summed E-state index contributed by atoms with van der Waals surface area (Å²) in [5, 5.41) is 14.4. The van der Waals surface area contributed by atoms with Crippen LogP contribution in [0.5, 0.6) is 0 Å². The number of hydrogen-bond donors (Lipinski definition) is 2. The highest BCUT2D eigenvalue weighted by atomic mass is 32.2. The second kappa shape index (κ2) is 10.0. The molecule has 2 N–H and O–H groups in total. The molecule has 1 heterocycles. The van der Waals surface area contributed by atoms with Crippen LogP contribution in [0, 0.1) is 6.92 Å². The van der Waals surface area contributed by atoms with E-state index in [1.54, 1.807) is 13.0 Å². The normalized spacial score (nSPS) is 10.5. The van der Waals surface area contributed by atoms with E-state index in [1.807, 2.05) is 32.9 Å². The van der Waals surface area contributed by atoms with Crippen molar-refractivity contribution in [3.8, 4) is 0 Å². The Morgan fingerprint density at radius 2 is 1.74 bits per heavy atom. The topological polar surface area (TPSA) is 96.9 Å². The van der Waals surface area contributed by atoms with Gasteiger partial charge in [-0.2, -0.15) is 5.10 Å². The fourth-order valence-corrected chi connectivity index (χ4v) is 2.99. The lowest BCUT2D eigenvalue weighted by atomic mass is 10.1. The number of carbonyl (C=O) groups is 2. The summed E-state index contributed by atoms with van der Waals surface area (Å²) in [7, 11) is 0. The molecule has 0 atom stereocenters. The van der Waals surface area contributed by atoms with Crippen molar-refractivity contribution in [3.63, 3.8) is 0 Å². The van der Waals surface area contributed by atoms with Gasteiger partial charge in [0.1, 0.15) is 0 Å². The first kappa shape index (κ1) is 20.8. The van der Waals surface area contributed by atoms with Gasteiger partial charge in [-0.05, 0) is 37.5 Å². The summed E-state index contributed by atoms with van der Waals surface area (Å²) in [6.07, 6.45) is 1.98. The van der Waals surface area contributed by atoms with Gasteiger partial charge in [-0.15, -0.1) is 5.10 Å². The highest BCUT2D eigenvalue weighted by Crippen LogP contribution is 2.21. The van der Waals surface area contributed by atoms with E-state index in [0.717, 1.165) is 29.8 Å². The molecule has 2 amide bonds. The number of anilines is 2. The van der Waals surface area contributed by atoms with E-state index in [2.05, 4.69) is 25.8 Å². The van der Waals surface area contributed by atoms with Gasteiger partial charge in [0.2, 0.25) is 17.0 Å². The Kier molecular flexibility index (Phi) is 7.72. The van der Waals surface area contributed by atoms with Crippen LogP contribution >= 0.6 is 11.8 Å². The van der Waals surface area contributed by atoms with E-state index in [4.69, 9.17) is 0 Å². The van der Waals surface area contributed by atoms with Crippen LogP contribution in [-0.2, 0) is 22.4 Å². The van der Waals surface area contributed by atoms with Crippen LogP contribution in [-0.4, -0.2) is 32.7 Å². The number of amides is 2. The first-order valence-corrected chi connectivity index (χ1v) is 10.0. The summed E-state index contributed by atoms with van der Waals surface area (Å²) < 4.78 is 0. The van der Waals surface area contributed by atoms with E-state index in [0.29, 0.717) is 23.0 Å². The molecule has 0 saturated heterocycles. The van der Waals surface area contributed by atoms with Crippen molar-refractivity contribution in [2.75, 3.05) is 16.4 Å². The minimum Gasteiger partial charge on any atom is -0.326 e. The first-order chi connectivity index (χ1) is 13.0. The molecule has 27 heavy (non-hydrogen) atoms. The number of aryl methyl sites for hydroxylation is 3. The van der Waals surface area contributed by atoms with E-state index in [1.165, 1.54) is 11.8 Å². The molecule has 1 aromatic carbocycles. The molecular weight excluding hydrogens is 362 g/mol. The maximum atomic E-state index is 12.2. The lowest BCUT2D eigenvalue weighted by Gasteiger charge is -2.11. The van der Waals surface area contributed by atoms with Crippen molar-refractivity contribution in [1.29, 1.82) is 0 Å². The van der Waals surface area contributed by atoms with Gasteiger partial charge in [-0.1, -0.05) is 38.6 Å². The quantitative estimate of drug-likeness (QED) is 0.674. The van der Waals surface area contributed by atoms with Crippen molar-refractivity contribution in [2.24, 2.45) is 0 Å². The van der Waals surface area contributed by atoms with Crippen LogP contribution in [0.15, 0.2) is 23.4 Å². The van der Waals surface area contributed by atoms with Crippen molar-refractivity contribution in [1.82, 2.24) is 15.2 Å². The molecule has 8 heteroatoms. The van der Waals surface area contributed by atoms with Gasteiger partial charge >= 0.3 is 0 Å². The second-order valence-corrected chi connectivity index (χ2v) is 6.91. The molecule has 2 aromatic rings. The van der Waals surface area contributed by atoms with Gasteiger partial charge in [0.05, 0.1) is 17.1 Å². The summed E-state index contributed by atoms with van der Waals surface area (Å²) in [6, 6.07) is 5.43. The molecule has 0 bridgehead atoms. The third-order valence-electron chi connectivity index (χ3n) is 3.94. The zero-order chi connectivity index (χ0) is 19.8. The Bertz CT molecular complexity index is 826. The molecular formula is C19H25N5O2S. The number of benzene rings is 1. The number of nitrogens with one attached hydrogen (secondary N) is 2. The maximum Gasteiger partial charge on any atom is 0.234 e. The number of hydrogen-bond acceptors (Lipinski definition) is 6. The highest BCUT2D eigenvalue weighted by Gasteiger charge is 2.10. The molecule has 0 saturated carbocycles. The lowest BCUT2D eigenvalue weighted by Crippen LogP contribution is -2.16. The molecule has 0 aliphatic heterocycles. The lowest BCUT2D eigenvalue weighted by molar-refractivity contribution is -0.116. The molecule has 0 spiro atoms. The summed E-state index contributed by atoms with van der Waals surface area (Å²) in [5.41, 5.74) is 4.08. The first-order valence-electron chi connectivity index (χ1n) is 9.02. The number of nitrogens with zero attached hydrogens (tertiary/aromatic N) is 3. The van der Waals surface area contributed by atoms with Crippen molar-refractivity contribution in [2.45, 2.75) is 52.1 Å². The molecule has 0 radical (unpaired) electrons. The molecule has 2 rings (SSSR count). The predicted octanol–water partition coefficient (Wildman–Crippen LogP) is 3.38. The molecule has 0 unspecified atom stereocenters. The number of aromatic nitrogens is 3. The summed E-state index contributed by atoms with van der Waals surface area (Å²) >= 11 is 1.25. The molecule has 0 fully saturated rings. The SMILES string of the molecule is CCC(=O)Nc1cc(NC(=O)CSc2nnc(CC)c(CC)n2)ccc1C. The zero-order valence-corrected chi connectivity index (χ0v) is 16.9. The molecule has 0 aliphatic carbocycles. The third kappa shape index (κ3) is 6.02. The third-order valence-corrected chi connectivity index (χ3v) is 4.78. The molecule has 144 valence electrons. The number of thioether (sulfide) groups is 1. The van der Waals surface area contributed by atoms with Crippen molar-refractivity contribution < 1.29 is 9.59 Å². The van der Waals surface area contributed by atoms with E-state index in [9.17, 15) is 9.59 Å². The summed E-state index contributed by atoms with van der Waals surface area (Å²) in [5.74, 6) is -0.0530. The van der Waals surface area contributed by atoms with Gasteiger partial charge in [0, 0.05) is 17.8 Å².